The second-order valence-corrected chi connectivity index (χ2v) is 8.37. The normalized spacial score (nSPS) is 18.7. The first-order valence-corrected chi connectivity index (χ1v) is 10.9. The Labute approximate surface area is 187 Å². The molecular weight excluding hydrogens is 420 g/mol. The predicted molar refractivity (Wildman–Crippen MR) is 116 cm³/mol. The van der Waals surface area contributed by atoms with E-state index >= 15 is 0 Å². The number of carbonyl (C=O) groups excluding carboxylic acids is 4. The average Bonchev–Trinajstić information content (AvgIpc) is 3.20. The van der Waals surface area contributed by atoms with Crippen LogP contribution in [-0.2, 0) is 24.0 Å². The van der Waals surface area contributed by atoms with Gasteiger partial charge in [-0.05, 0) is 44.6 Å². The molecule has 32 heavy (non-hydrogen) atoms. The third kappa shape index (κ3) is 8.08. The van der Waals surface area contributed by atoms with Crippen molar-refractivity contribution in [3.8, 4) is 0 Å². The Bertz CT molecular complexity index is 700. The highest BCUT2D eigenvalue weighted by Gasteiger charge is 2.38. The van der Waals surface area contributed by atoms with Crippen LogP contribution in [0.15, 0.2) is 0 Å². The minimum absolute atomic E-state index is 0.118. The Morgan fingerprint density at radius 1 is 1.09 bits per heavy atom. The zero-order valence-corrected chi connectivity index (χ0v) is 18.7. The number of carboxylic acid groups (broad SMARTS) is 1. The Kier molecular flexibility index (Phi) is 11.1. The zero-order chi connectivity index (χ0) is 24.4. The first kappa shape index (κ1) is 27.3. The monoisotopic (exact) mass is 456 g/mol. The number of likely N-dealkylation sites (tertiary alicyclic amines) is 1. The van der Waals surface area contributed by atoms with Crippen molar-refractivity contribution in [2.75, 3.05) is 13.1 Å². The standard InChI is InChI=1S/C20H36N6O6/c1-11(2)16(23)19(30)26-9-5-7-14(26)18(29)25-13(10-15(22)27)17(28)24-12(20(31)32)6-3-4-8-21/h11-14,16H,3-10,21,23H2,1-2H3,(H2,22,27)(H,24,28)(H,25,29)(H,31,32). The molecule has 4 atom stereocenters. The lowest BCUT2D eigenvalue weighted by molar-refractivity contribution is -0.143. The number of amides is 4. The van der Waals surface area contributed by atoms with Gasteiger partial charge in [-0.3, -0.25) is 19.2 Å². The molecule has 4 unspecified atom stereocenters. The fraction of sp³-hybridized carbons (Fsp3) is 0.750. The second-order valence-electron chi connectivity index (χ2n) is 8.37. The fourth-order valence-corrected chi connectivity index (χ4v) is 3.48. The molecule has 12 heteroatoms. The van der Waals surface area contributed by atoms with Crippen molar-refractivity contribution in [3.05, 3.63) is 0 Å². The number of unbranched alkanes of at least 4 members (excludes halogenated alkanes) is 1. The van der Waals surface area contributed by atoms with Crippen LogP contribution in [0, 0.1) is 5.92 Å². The van der Waals surface area contributed by atoms with Crippen molar-refractivity contribution in [3.63, 3.8) is 0 Å². The number of nitrogens with one attached hydrogen (secondary N) is 2. The molecule has 0 radical (unpaired) electrons. The summed E-state index contributed by atoms with van der Waals surface area (Å²) in [5.74, 6) is -4.03. The maximum absolute atomic E-state index is 12.9. The topological polar surface area (TPSA) is 211 Å². The van der Waals surface area contributed by atoms with E-state index in [9.17, 15) is 29.1 Å². The number of hydrogen-bond donors (Lipinski definition) is 6. The van der Waals surface area contributed by atoms with Gasteiger partial charge >= 0.3 is 5.97 Å². The van der Waals surface area contributed by atoms with Gasteiger partial charge in [0.25, 0.3) is 0 Å². The average molecular weight is 457 g/mol. The van der Waals surface area contributed by atoms with E-state index in [1.54, 1.807) is 13.8 Å². The highest BCUT2D eigenvalue weighted by atomic mass is 16.4. The first-order valence-electron chi connectivity index (χ1n) is 10.9. The van der Waals surface area contributed by atoms with Gasteiger partial charge in [-0.1, -0.05) is 13.8 Å². The van der Waals surface area contributed by atoms with Crippen LogP contribution in [-0.4, -0.2) is 76.9 Å². The van der Waals surface area contributed by atoms with Gasteiger partial charge < -0.3 is 37.8 Å². The van der Waals surface area contributed by atoms with Gasteiger partial charge in [-0.15, -0.1) is 0 Å². The maximum atomic E-state index is 12.9. The summed E-state index contributed by atoms with van der Waals surface area (Å²) in [5, 5.41) is 14.1. The summed E-state index contributed by atoms with van der Waals surface area (Å²) in [6.45, 7) is 4.34. The largest absolute Gasteiger partial charge is 0.480 e. The first-order chi connectivity index (χ1) is 15.0. The molecule has 1 aliphatic rings. The van der Waals surface area contributed by atoms with Crippen LogP contribution in [0.3, 0.4) is 0 Å². The number of carbonyl (C=O) groups is 5. The van der Waals surface area contributed by atoms with Crippen molar-refractivity contribution in [1.29, 1.82) is 0 Å². The summed E-state index contributed by atoms with van der Waals surface area (Å²) in [6.07, 6.45) is 1.67. The fourth-order valence-electron chi connectivity index (χ4n) is 3.48. The summed E-state index contributed by atoms with van der Waals surface area (Å²) in [7, 11) is 0. The number of nitrogens with two attached hydrogens (primary N) is 3. The number of nitrogens with zero attached hydrogens (tertiary/aromatic N) is 1. The second kappa shape index (κ2) is 13.0. The zero-order valence-electron chi connectivity index (χ0n) is 18.7. The molecule has 0 aromatic carbocycles. The van der Waals surface area contributed by atoms with Crippen LogP contribution in [0.5, 0.6) is 0 Å². The van der Waals surface area contributed by atoms with Crippen LogP contribution < -0.4 is 27.8 Å². The number of primary amides is 1. The van der Waals surface area contributed by atoms with E-state index in [4.69, 9.17) is 17.2 Å². The van der Waals surface area contributed by atoms with Crippen LogP contribution >= 0.6 is 0 Å². The van der Waals surface area contributed by atoms with Crippen LogP contribution in [0.25, 0.3) is 0 Å². The lowest BCUT2D eigenvalue weighted by Crippen LogP contribution is -2.57. The molecule has 12 nitrogen and oxygen atoms in total. The Morgan fingerprint density at radius 2 is 1.75 bits per heavy atom. The maximum Gasteiger partial charge on any atom is 0.326 e. The van der Waals surface area contributed by atoms with E-state index in [0.29, 0.717) is 38.8 Å². The molecular formula is C20H36N6O6. The van der Waals surface area contributed by atoms with Gasteiger partial charge in [0.05, 0.1) is 12.5 Å². The summed E-state index contributed by atoms with van der Waals surface area (Å²) in [6, 6.07) is -4.17. The van der Waals surface area contributed by atoms with E-state index < -0.39 is 54.3 Å². The molecule has 9 N–H and O–H groups in total. The van der Waals surface area contributed by atoms with E-state index in [0.717, 1.165) is 0 Å². The van der Waals surface area contributed by atoms with Gasteiger partial charge in [0.15, 0.2) is 0 Å². The number of hydrogen-bond acceptors (Lipinski definition) is 7. The predicted octanol–water partition coefficient (Wildman–Crippen LogP) is -1.98. The van der Waals surface area contributed by atoms with Gasteiger partial charge in [0, 0.05) is 6.54 Å². The molecule has 1 fully saturated rings. The molecule has 1 rings (SSSR count). The highest BCUT2D eigenvalue weighted by molar-refractivity contribution is 5.96. The summed E-state index contributed by atoms with van der Waals surface area (Å²) in [4.78, 5) is 62.5. The molecule has 0 aromatic heterocycles. The highest BCUT2D eigenvalue weighted by Crippen LogP contribution is 2.20. The molecule has 0 bridgehead atoms. The quantitative estimate of drug-likeness (QED) is 0.170. The van der Waals surface area contributed by atoms with E-state index in [2.05, 4.69) is 10.6 Å². The van der Waals surface area contributed by atoms with Crippen molar-refractivity contribution in [2.24, 2.45) is 23.1 Å². The third-order valence-corrected chi connectivity index (χ3v) is 5.44. The molecule has 1 saturated heterocycles. The summed E-state index contributed by atoms with van der Waals surface area (Å²) in [5.41, 5.74) is 16.6. The lowest BCUT2D eigenvalue weighted by Gasteiger charge is -2.29. The van der Waals surface area contributed by atoms with Crippen molar-refractivity contribution < 1.29 is 29.1 Å². The number of carboxylic acids is 1. The lowest BCUT2D eigenvalue weighted by atomic mass is 10.0. The number of rotatable bonds is 13. The van der Waals surface area contributed by atoms with Crippen LogP contribution in [0.2, 0.25) is 0 Å². The smallest absolute Gasteiger partial charge is 0.326 e. The third-order valence-electron chi connectivity index (χ3n) is 5.44. The molecule has 4 amide bonds. The molecule has 0 aliphatic carbocycles. The minimum atomic E-state index is -1.37. The van der Waals surface area contributed by atoms with E-state index in [-0.39, 0.29) is 18.2 Å². The molecule has 0 spiro atoms. The Hall–Kier alpha value is -2.73. The van der Waals surface area contributed by atoms with Crippen LogP contribution in [0.4, 0.5) is 0 Å². The van der Waals surface area contributed by atoms with Gasteiger partial charge in [-0.2, -0.15) is 0 Å². The number of aliphatic carboxylic acids is 1. The molecule has 0 saturated carbocycles. The van der Waals surface area contributed by atoms with Crippen molar-refractivity contribution in [1.82, 2.24) is 15.5 Å². The Morgan fingerprint density at radius 3 is 2.28 bits per heavy atom. The van der Waals surface area contributed by atoms with Crippen molar-refractivity contribution >= 4 is 29.6 Å². The molecule has 1 heterocycles. The Balaban J connectivity index is 2.89. The van der Waals surface area contributed by atoms with Gasteiger partial charge in [0.2, 0.25) is 23.6 Å². The van der Waals surface area contributed by atoms with Crippen LogP contribution in [0.1, 0.15) is 52.4 Å². The van der Waals surface area contributed by atoms with Crippen molar-refractivity contribution in [2.45, 2.75) is 76.5 Å². The summed E-state index contributed by atoms with van der Waals surface area (Å²) >= 11 is 0. The van der Waals surface area contributed by atoms with E-state index in [1.807, 2.05) is 0 Å². The molecule has 0 aromatic rings. The minimum Gasteiger partial charge on any atom is -0.480 e. The molecule has 1 aliphatic heterocycles. The van der Waals surface area contributed by atoms with Gasteiger partial charge in [-0.25, -0.2) is 4.79 Å². The van der Waals surface area contributed by atoms with E-state index in [1.165, 1.54) is 4.90 Å². The summed E-state index contributed by atoms with van der Waals surface area (Å²) < 4.78 is 0. The molecule has 182 valence electrons. The van der Waals surface area contributed by atoms with Gasteiger partial charge in [0.1, 0.15) is 18.1 Å². The SMILES string of the molecule is CC(C)C(N)C(=O)N1CCCC1C(=O)NC(CC(N)=O)C(=O)NC(CCCCN)C(=O)O.